The molecule has 1 aromatic heterocycles. The van der Waals surface area contributed by atoms with Gasteiger partial charge in [0.15, 0.2) is 0 Å². The number of nitrogens with zero attached hydrogens (tertiary/aromatic N) is 2. The summed E-state index contributed by atoms with van der Waals surface area (Å²) in [6.07, 6.45) is 3.98. The molecule has 21 heavy (non-hydrogen) atoms. The molecule has 2 rings (SSSR count). The van der Waals surface area contributed by atoms with Crippen LogP contribution in [0.15, 0.2) is 6.07 Å². The lowest BCUT2D eigenvalue weighted by atomic mass is 9.95. The minimum atomic E-state index is -1.10. The van der Waals surface area contributed by atoms with Gasteiger partial charge in [-0.05, 0) is 37.3 Å². The predicted molar refractivity (Wildman–Crippen MR) is 74.7 cm³/mol. The first kappa shape index (κ1) is 14.8. The number of pyridine rings is 1. The van der Waals surface area contributed by atoms with E-state index in [0.29, 0.717) is 11.4 Å². The molecule has 0 saturated carbocycles. The highest BCUT2D eigenvalue weighted by atomic mass is 16.4. The van der Waals surface area contributed by atoms with Gasteiger partial charge >= 0.3 is 5.97 Å². The van der Waals surface area contributed by atoms with Crippen molar-refractivity contribution in [1.29, 1.82) is 5.26 Å². The van der Waals surface area contributed by atoms with E-state index in [9.17, 15) is 9.59 Å². The number of nitrogens with one attached hydrogen (secondary N) is 2. The highest BCUT2D eigenvalue weighted by Crippen LogP contribution is 2.24. The number of aromatic nitrogens is 1. The maximum atomic E-state index is 11.5. The first-order valence-corrected chi connectivity index (χ1v) is 6.75. The van der Waals surface area contributed by atoms with E-state index in [0.717, 1.165) is 36.9 Å². The van der Waals surface area contributed by atoms with E-state index >= 15 is 0 Å². The summed E-state index contributed by atoms with van der Waals surface area (Å²) >= 11 is 0. The Morgan fingerprint density at radius 2 is 2.10 bits per heavy atom. The molecule has 110 valence electrons. The molecule has 0 spiro atoms. The van der Waals surface area contributed by atoms with Crippen LogP contribution in [0, 0.1) is 11.3 Å². The lowest BCUT2D eigenvalue weighted by Gasteiger charge is -2.17. The van der Waals surface area contributed by atoms with Gasteiger partial charge in [-0.25, -0.2) is 4.98 Å². The topological polar surface area (TPSA) is 115 Å². The molecule has 3 N–H and O–H groups in total. The molecule has 1 aliphatic carbocycles. The van der Waals surface area contributed by atoms with Crippen LogP contribution in [-0.2, 0) is 22.4 Å². The van der Waals surface area contributed by atoms with Crippen LogP contribution in [0.3, 0.4) is 0 Å². The van der Waals surface area contributed by atoms with Gasteiger partial charge in [-0.2, -0.15) is 5.26 Å². The molecule has 0 aromatic carbocycles. The Balaban J connectivity index is 2.04. The summed E-state index contributed by atoms with van der Waals surface area (Å²) in [4.78, 5) is 26.2. The summed E-state index contributed by atoms with van der Waals surface area (Å²) in [5.41, 5.74) is 2.47. The van der Waals surface area contributed by atoms with Gasteiger partial charge in [-0.3, -0.25) is 9.59 Å². The molecule has 1 heterocycles. The number of aliphatic carboxylic acids is 1. The van der Waals surface area contributed by atoms with Gasteiger partial charge < -0.3 is 15.7 Å². The van der Waals surface area contributed by atoms with Crippen molar-refractivity contribution in [1.82, 2.24) is 10.3 Å². The zero-order valence-corrected chi connectivity index (χ0v) is 11.5. The average Bonchev–Trinajstić information content (AvgIpc) is 2.49. The minimum absolute atomic E-state index is 0.117. The van der Waals surface area contributed by atoms with Crippen molar-refractivity contribution in [2.75, 3.05) is 18.4 Å². The van der Waals surface area contributed by atoms with Gasteiger partial charge in [0.1, 0.15) is 18.4 Å². The van der Waals surface area contributed by atoms with Gasteiger partial charge in [0.2, 0.25) is 5.91 Å². The van der Waals surface area contributed by atoms with Crippen molar-refractivity contribution in [2.24, 2.45) is 0 Å². The number of anilines is 1. The van der Waals surface area contributed by atoms with E-state index in [1.807, 2.05) is 6.07 Å². The fraction of sp³-hybridized carbons (Fsp3) is 0.429. The van der Waals surface area contributed by atoms with Crippen molar-refractivity contribution in [3.8, 4) is 6.07 Å². The van der Waals surface area contributed by atoms with Crippen LogP contribution in [0.1, 0.15) is 29.7 Å². The number of fused-ring (bicyclic) bond motifs is 1. The number of amides is 1. The molecule has 0 saturated heterocycles. The fourth-order valence-corrected chi connectivity index (χ4v) is 2.25. The third-order valence-corrected chi connectivity index (χ3v) is 3.27. The predicted octanol–water partition coefficient (Wildman–Crippen LogP) is 0.445. The second-order valence-corrected chi connectivity index (χ2v) is 4.83. The van der Waals surface area contributed by atoms with Crippen LogP contribution in [0.2, 0.25) is 0 Å². The summed E-state index contributed by atoms with van der Waals surface area (Å²) in [5, 5.41) is 22.7. The Bertz CT molecular complexity index is 607. The average molecular weight is 288 g/mol. The first-order valence-electron chi connectivity index (χ1n) is 6.75. The summed E-state index contributed by atoms with van der Waals surface area (Å²) in [6, 6.07) is 3.89. The third-order valence-electron chi connectivity index (χ3n) is 3.27. The molecule has 0 fully saturated rings. The smallest absolute Gasteiger partial charge is 0.322 e. The number of carboxylic acids is 1. The zero-order chi connectivity index (χ0) is 15.2. The number of hydrogen-bond acceptors (Lipinski definition) is 5. The van der Waals surface area contributed by atoms with E-state index in [2.05, 4.69) is 21.7 Å². The molecule has 1 amide bonds. The second-order valence-electron chi connectivity index (χ2n) is 4.83. The molecule has 1 aliphatic rings. The summed E-state index contributed by atoms with van der Waals surface area (Å²) in [7, 11) is 0. The quantitative estimate of drug-likeness (QED) is 0.724. The first-order chi connectivity index (χ1) is 10.1. The van der Waals surface area contributed by atoms with E-state index < -0.39 is 18.4 Å². The van der Waals surface area contributed by atoms with Crippen LogP contribution in [0.4, 0.5) is 5.82 Å². The molecule has 7 heteroatoms. The second kappa shape index (κ2) is 6.70. The van der Waals surface area contributed by atoms with Gasteiger partial charge in [0.25, 0.3) is 0 Å². The lowest BCUT2D eigenvalue weighted by Crippen LogP contribution is -2.34. The Morgan fingerprint density at radius 1 is 1.33 bits per heavy atom. The van der Waals surface area contributed by atoms with E-state index in [1.54, 1.807) is 0 Å². The molecular weight excluding hydrogens is 272 g/mol. The van der Waals surface area contributed by atoms with Gasteiger partial charge in [-0.15, -0.1) is 0 Å². The van der Waals surface area contributed by atoms with Gasteiger partial charge in [0.05, 0.1) is 12.1 Å². The molecule has 0 atom stereocenters. The number of carbonyl (C=O) groups excluding carboxylic acids is 1. The number of rotatable bonds is 5. The van der Waals surface area contributed by atoms with E-state index in [4.69, 9.17) is 10.4 Å². The van der Waals surface area contributed by atoms with Crippen molar-refractivity contribution < 1.29 is 14.7 Å². The maximum Gasteiger partial charge on any atom is 0.322 e. The van der Waals surface area contributed by atoms with Crippen LogP contribution in [0.25, 0.3) is 0 Å². The van der Waals surface area contributed by atoms with Crippen molar-refractivity contribution in [3.63, 3.8) is 0 Å². The van der Waals surface area contributed by atoms with Crippen molar-refractivity contribution in [3.05, 3.63) is 22.9 Å². The molecule has 0 unspecified atom stereocenters. The summed E-state index contributed by atoms with van der Waals surface area (Å²) in [6.45, 7) is -0.545. The minimum Gasteiger partial charge on any atom is -0.480 e. The maximum absolute atomic E-state index is 11.5. The van der Waals surface area contributed by atoms with Crippen LogP contribution < -0.4 is 10.6 Å². The molecule has 1 aromatic rings. The summed E-state index contributed by atoms with van der Waals surface area (Å²) in [5.74, 6) is -1.18. The van der Waals surface area contributed by atoms with E-state index in [1.165, 1.54) is 0 Å². The molecule has 7 nitrogen and oxygen atoms in total. The number of nitriles is 1. The Kier molecular flexibility index (Phi) is 4.72. The number of carbonyl (C=O) groups is 2. The van der Waals surface area contributed by atoms with Crippen LogP contribution >= 0.6 is 0 Å². The number of carboxylic acid groups (broad SMARTS) is 1. The normalized spacial score (nSPS) is 12.9. The number of aryl methyl sites for hydroxylation is 2. The molecular formula is C14H16N4O3. The molecule has 0 bridgehead atoms. The zero-order valence-electron chi connectivity index (χ0n) is 11.5. The van der Waals surface area contributed by atoms with Crippen LogP contribution in [-0.4, -0.2) is 35.1 Å². The largest absolute Gasteiger partial charge is 0.480 e. The monoisotopic (exact) mass is 288 g/mol. The Hall–Kier alpha value is -2.62. The van der Waals surface area contributed by atoms with Gasteiger partial charge in [0, 0.05) is 5.69 Å². The van der Waals surface area contributed by atoms with Crippen molar-refractivity contribution >= 4 is 17.7 Å². The van der Waals surface area contributed by atoms with E-state index in [-0.39, 0.29) is 6.54 Å². The highest BCUT2D eigenvalue weighted by Gasteiger charge is 2.15. The molecule has 0 aliphatic heterocycles. The Morgan fingerprint density at radius 3 is 2.81 bits per heavy atom. The van der Waals surface area contributed by atoms with Crippen LogP contribution in [0.5, 0.6) is 0 Å². The lowest BCUT2D eigenvalue weighted by molar-refractivity contribution is -0.137. The Labute approximate surface area is 122 Å². The van der Waals surface area contributed by atoms with Gasteiger partial charge in [-0.1, -0.05) is 0 Å². The SMILES string of the molecule is N#Cc1cc2c(nc1NCC(=O)NCC(=O)O)CCCC2. The standard InChI is InChI=1S/C14H16N4O3/c15-6-10-5-9-3-1-2-4-11(9)18-14(10)17-7-12(19)16-8-13(20)21/h5H,1-4,7-8H2,(H,16,19)(H,17,18)(H,20,21). The fourth-order valence-electron chi connectivity index (χ4n) is 2.25. The number of hydrogen-bond donors (Lipinski definition) is 3. The molecule has 0 radical (unpaired) electrons. The van der Waals surface area contributed by atoms with Crippen molar-refractivity contribution in [2.45, 2.75) is 25.7 Å². The summed E-state index contributed by atoms with van der Waals surface area (Å²) < 4.78 is 0. The third kappa shape index (κ3) is 3.92. The highest BCUT2D eigenvalue weighted by molar-refractivity contribution is 5.84.